The van der Waals surface area contributed by atoms with Crippen LogP contribution in [0.3, 0.4) is 0 Å². The van der Waals surface area contributed by atoms with Crippen molar-refractivity contribution in [1.82, 2.24) is 9.55 Å². The van der Waals surface area contributed by atoms with Gasteiger partial charge < -0.3 is 4.98 Å². The van der Waals surface area contributed by atoms with Crippen molar-refractivity contribution in [3.05, 3.63) is 47.0 Å². The number of aromatic amines is 1. The molecular formula is C14H16N2O. The minimum absolute atomic E-state index is 0.0238. The van der Waals surface area contributed by atoms with Gasteiger partial charge in [0, 0.05) is 12.2 Å². The summed E-state index contributed by atoms with van der Waals surface area (Å²) in [7, 11) is 0. The number of nitrogens with zero attached hydrogens (tertiary/aromatic N) is 1. The van der Waals surface area contributed by atoms with E-state index in [1.807, 2.05) is 41.1 Å². The minimum atomic E-state index is 0.0238. The molecule has 0 unspecified atom stereocenters. The predicted octanol–water partition coefficient (Wildman–Crippen LogP) is 2.96. The quantitative estimate of drug-likeness (QED) is 0.843. The third kappa shape index (κ3) is 1.82. The van der Waals surface area contributed by atoms with Crippen LogP contribution >= 0.6 is 0 Å². The summed E-state index contributed by atoms with van der Waals surface area (Å²) in [5, 5.41) is 0. The van der Waals surface area contributed by atoms with Gasteiger partial charge in [-0.05, 0) is 18.4 Å². The fourth-order valence-electron chi connectivity index (χ4n) is 2.73. The molecule has 1 saturated carbocycles. The van der Waals surface area contributed by atoms with Crippen LogP contribution in [0.4, 0.5) is 0 Å². The zero-order valence-corrected chi connectivity index (χ0v) is 9.73. The standard InChI is InChI=1S/C14H16N2O/c17-14-15-10-13(11-6-2-1-3-7-11)16(14)12-8-4-5-9-12/h1-3,6-7,10,12H,4-5,8-9H2,(H,15,17). The maximum atomic E-state index is 11.9. The molecular weight excluding hydrogens is 212 g/mol. The van der Waals surface area contributed by atoms with Crippen molar-refractivity contribution in [3.63, 3.8) is 0 Å². The Morgan fingerprint density at radius 2 is 1.82 bits per heavy atom. The van der Waals surface area contributed by atoms with E-state index >= 15 is 0 Å². The second-order valence-electron chi connectivity index (χ2n) is 4.65. The van der Waals surface area contributed by atoms with Gasteiger partial charge in [0.25, 0.3) is 0 Å². The molecule has 1 heterocycles. The van der Waals surface area contributed by atoms with Gasteiger partial charge in [-0.25, -0.2) is 4.79 Å². The molecule has 1 N–H and O–H groups in total. The van der Waals surface area contributed by atoms with E-state index in [9.17, 15) is 4.79 Å². The molecule has 3 nitrogen and oxygen atoms in total. The molecule has 0 aliphatic heterocycles. The molecule has 0 bridgehead atoms. The van der Waals surface area contributed by atoms with Gasteiger partial charge in [0.15, 0.2) is 0 Å². The molecule has 88 valence electrons. The number of hydrogen-bond acceptors (Lipinski definition) is 1. The Hall–Kier alpha value is -1.77. The smallest absolute Gasteiger partial charge is 0.312 e. The van der Waals surface area contributed by atoms with Crippen LogP contribution in [0, 0.1) is 0 Å². The van der Waals surface area contributed by atoms with Crippen molar-refractivity contribution in [2.24, 2.45) is 0 Å². The lowest BCUT2D eigenvalue weighted by Crippen LogP contribution is -2.21. The normalized spacial score (nSPS) is 16.5. The number of benzene rings is 1. The Morgan fingerprint density at radius 1 is 1.12 bits per heavy atom. The first-order valence-corrected chi connectivity index (χ1v) is 6.21. The Bertz CT molecular complexity index is 547. The number of aromatic nitrogens is 2. The number of hydrogen-bond donors (Lipinski definition) is 1. The fourth-order valence-corrected chi connectivity index (χ4v) is 2.73. The summed E-state index contributed by atoms with van der Waals surface area (Å²) >= 11 is 0. The summed E-state index contributed by atoms with van der Waals surface area (Å²) in [4.78, 5) is 14.7. The van der Waals surface area contributed by atoms with Gasteiger partial charge in [-0.3, -0.25) is 4.57 Å². The second kappa shape index (κ2) is 4.24. The lowest BCUT2D eigenvalue weighted by Gasteiger charge is -2.14. The summed E-state index contributed by atoms with van der Waals surface area (Å²) in [6.45, 7) is 0. The van der Waals surface area contributed by atoms with Gasteiger partial charge in [0.2, 0.25) is 0 Å². The number of imidazole rings is 1. The van der Waals surface area contributed by atoms with E-state index in [0.29, 0.717) is 6.04 Å². The largest absolute Gasteiger partial charge is 0.326 e. The van der Waals surface area contributed by atoms with Gasteiger partial charge in [-0.2, -0.15) is 0 Å². The molecule has 1 aromatic heterocycles. The first-order chi connectivity index (χ1) is 8.36. The van der Waals surface area contributed by atoms with Crippen LogP contribution in [0.2, 0.25) is 0 Å². The average Bonchev–Trinajstić information content (AvgIpc) is 2.99. The third-order valence-corrected chi connectivity index (χ3v) is 3.57. The molecule has 1 aromatic carbocycles. The van der Waals surface area contributed by atoms with Gasteiger partial charge in [0.1, 0.15) is 0 Å². The first-order valence-electron chi connectivity index (χ1n) is 6.21. The molecule has 0 saturated heterocycles. The second-order valence-corrected chi connectivity index (χ2v) is 4.65. The number of nitrogens with one attached hydrogen (secondary N) is 1. The molecule has 1 aliphatic carbocycles. The van der Waals surface area contributed by atoms with E-state index in [0.717, 1.165) is 24.1 Å². The highest BCUT2D eigenvalue weighted by atomic mass is 16.1. The summed E-state index contributed by atoms with van der Waals surface area (Å²) in [6.07, 6.45) is 6.54. The van der Waals surface area contributed by atoms with Crippen molar-refractivity contribution in [2.75, 3.05) is 0 Å². The van der Waals surface area contributed by atoms with E-state index in [-0.39, 0.29) is 5.69 Å². The van der Waals surface area contributed by atoms with Crippen LogP contribution in [0.5, 0.6) is 0 Å². The van der Waals surface area contributed by atoms with Crippen molar-refractivity contribution in [2.45, 2.75) is 31.7 Å². The van der Waals surface area contributed by atoms with Crippen LogP contribution in [-0.4, -0.2) is 9.55 Å². The molecule has 1 fully saturated rings. The van der Waals surface area contributed by atoms with E-state index in [1.54, 1.807) is 0 Å². The maximum absolute atomic E-state index is 11.9. The molecule has 0 amide bonds. The average molecular weight is 228 g/mol. The lowest BCUT2D eigenvalue weighted by atomic mass is 10.1. The summed E-state index contributed by atoms with van der Waals surface area (Å²) in [6, 6.07) is 10.5. The van der Waals surface area contributed by atoms with E-state index < -0.39 is 0 Å². The topological polar surface area (TPSA) is 37.8 Å². The predicted molar refractivity (Wildman–Crippen MR) is 68.0 cm³/mol. The van der Waals surface area contributed by atoms with Crippen LogP contribution in [0.25, 0.3) is 11.3 Å². The van der Waals surface area contributed by atoms with Crippen LogP contribution in [0.1, 0.15) is 31.7 Å². The van der Waals surface area contributed by atoms with Gasteiger partial charge in [0.05, 0.1) is 5.69 Å². The van der Waals surface area contributed by atoms with E-state index in [1.165, 1.54) is 12.8 Å². The van der Waals surface area contributed by atoms with Crippen LogP contribution in [-0.2, 0) is 0 Å². The Labute approximate surface area is 100 Å². The van der Waals surface area contributed by atoms with E-state index in [2.05, 4.69) is 4.98 Å². The summed E-state index contributed by atoms with van der Waals surface area (Å²) in [5.41, 5.74) is 2.15. The summed E-state index contributed by atoms with van der Waals surface area (Å²) < 4.78 is 1.93. The molecule has 3 heteroatoms. The molecule has 0 spiro atoms. The zero-order chi connectivity index (χ0) is 11.7. The Morgan fingerprint density at radius 3 is 2.53 bits per heavy atom. The van der Waals surface area contributed by atoms with Gasteiger partial charge >= 0.3 is 5.69 Å². The van der Waals surface area contributed by atoms with Crippen molar-refractivity contribution < 1.29 is 0 Å². The Balaban J connectivity index is 2.09. The third-order valence-electron chi connectivity index (χ3n) is 3.57. The van der Waals surface area contributed by atoms with Gasteiger partial charge in [-0.15, -0.1) is 0 Å². The maximum Gasteiger partial charge on any atom is 0.326 e. The minimum Gasteiger partial charge on any atom is -0.312 e. The van der Waals surface area contributed by atoms with Crippen LogP contribution < -0.4 is 5.69 Å². The fraction of sp³-hybridized carbons (Fsp3) is 0.357. The van der Waals surface area contributed by atoms with Crippen molar-refractivity contribution >= 4 is 0 Å². The van der Waals surface area contributed by atoms with Gasteiger partial charge in [-0.1, -0.05) is 43.2 Å². The molecule has 17 heavy (non-hydrogen) atoms. The number of rotatable bonds is 2. The lowest BCUT2D eigenvalue weighted by molar-refractivity contribution is 0.509. The van der Waals surface area contributed by atoms with Crippen molar-refractivity contribution in [3.8, 4) is 11.3 Å². The monoisotopic (exact) mass is 228 g/mol. The first kappa shape index (κ1) is 10.4. The molecule has 3 rings (SSSR count). The zero-order valence-electron chi connectivity index (χ0n) is 9.73. The SMILES string of the molecule is O=c1[nH]cc(-c2ccccc2)n1C1CCCC1. The van der Waals surface area contributed by atoms with Crippen LogP contribution in [0.15, 0.2) is 41.3 Å². The highest BCUT2D eigenvalue weighted by Crippen LogP contribution is 2.31. The highest BCUT2D eigenvalue weighted by molar-refractivity contribution is 5.58. The molecule has 0 atom stereocenters. The highest BCUT2D eigenvalue weighted by Gasteiger charge is 2.21. The number of H-pyrrole nitrogens is 1. The summed E-state index contributed by atoms with van der Waals surface area (Å²) in [5.74, 6) is 0. The van der Waals surface area contributed by atoms with E-state index in [4.69, 9.17) is 0 Å². The Kier molecular flexibility index (Phi) is 2.59. The molecule has 0 radical (unpaired) electrons. The van der Waals surface area contributed by atoms with Crippen molar-refractivity contribution in [1.29, 1.82) is 0 Å². The molecule has 2 aromatic rings. The molecule has 1 aliphatic rings.